The lowest BCUT2D eigenvalue weighted by Crippen LogP contribution is -1.74. The van der Waals surface area contributed by atoms with Crippen LogP contribution < -0.4 is 0 Å². The van der Waals surface area contributed by atoms with Gasteiger partial charge in [-0.25, -0.2) is 9.97 Å². The van der Waals surface area contributed by atoms with Gasteiger partial charge in [0.05, 0.1) is 0 Å². The first-order chi connectivity index (χ1) is 5.25. The molecule has 0 saturated heterocycles. The van der Waals surface area contributed by atoms with E-state index in [9.17, 15) is 0 Å². The Morgan fingerprint density at radius 3 is 3.18 bits per heavy atom. The van der Waals surface area contributed by atoms with Crippen molar-refractivity contribution in [3.8, 4) is 0 Å². The fraction of sp³-hybridized carbons (Fsp3) is 0. The maximum Gasteiger partial charge on any atom is 0.202 e. The van der Waals surface area contributed by atoms with E-state index in [1.165, 1.54) is 0 Å². The van der Waals surface area contributed by atoms with Gasteiger partial charge in [0.25, 0.3) is 0 Å². The number of pyridine rings is 1. The maximum atomic E-state index is 5.61. The summed E-state index contributed by atoms with van der Waals surface area (Å²) in [6.07, 6.45) is 1.69. The summed E-state index contributed by atoms with van der Waals surface area (Å²) in [6.45, 7) is 0. The molecule has 0 unspecified atom stereocenters. The minimum absolute atomic E-state index is 0.366. The minimum atomic E-state index is 0.366. The van der Waals surface area contributed by atoms with E-state index in [0.29, 0.717) is 10.9 Å². The first-order valence-electron chi connectivity index (χ1n) is 2.92. The molecule has 0 aliphatic carbocycles. The summed E-state index contributed by atoms with van der Waals surface area (Å²) < 4.78 is 0.896. The van der Waals surface area contributed by atoms with Crippen LogP contribution in [0.1, 0.15) is 0 Å². The van der Waals surface area contributed by atoms with Crippen LogP contribution in [0.4, 0.5) is 0 Å². The highest BCUT2D eigenvalue weighted by Crippen LogP contribution is 2.16. The molecule has 2 rings (SSSR count). The number of aromatic amines is 1. The summed E-state index contributed by atoms with van der Waals surface area (Å²) in [5, 5.41) is 0.366. The number of halogens is 2. The fourth-order valence-electron chi connectivity index (χ4n) is 0.842. The topological polar surface area (TPSA) is 41.6 Å². The van der Waals surface area contributed by atoms with Crippen molar-refractivity contribution in [2.45, 2.75) is 0 Å². The van der Waals surface area contributed by atoms with Gasteiger partial charge in [0, 0.05) is 10.7 Å². The number of rotatable bonds is 0. The van der Waals surface area contributed by atoms with Crippen molar-refractivity contribution < 1.29 is 0 Å². The van der Waals surface area contributed by atoms with Crippen LogP contribution in [0.25, 0.3) is 11.2 Å². The number of imidazole rings is 1. The molecule has 0 fully saturated rings. The van der Waals surface area contributed by atoms with E-state index in [2.05, 4.69) is 30.9 Å². The van der Waals surface area contributed by atoms with Gasteiger partial charge in [-0.3, -0.25) is 0 Å². The average molecular weight is 232 g/mol. The first-order valence-corrected chi connectivity index (χ1v) is 4.09. The zero-order valence-corrected chi connectivity index (χ0v) is 7.65. The number of H-pyrrole nitrogens is 1. The first kappa shape index (κ1) is 7.06. The van der Waals surface area contributed by atoms with Crippen molar-refractivity contribution in [2.75, 3.05) is 0 Å². The van der Waals surface area contributed by atoms with Crippen molar-refractivity contribution >= 4 is 38.7 Å². The molecule has 2 aromatic rings. The van der Waals surface area contributed by atoms with Gasteiger partial charge in [-0.05, 0) is 33.6 Å². The average Bonchev–Trinajstić information content (AvgIpc) is 2.27. The van der Waals surface area contributed by atoms with Crippen LogP contribution in [0.15, 0.2) is 16.7 Å². The third-order valence-electron chi connectivity index (χ3n) is 1.27. The second-order valence-electron chi connectivity index (χ2n) is 2.05. The summed E-state index contributed by atoms with van der Waals surface area (Å²) in [7, 11) is 0. The van der Waals surface area contributed by atoms with Gasteiger partial charge in [0.1, 0.15) is 5.52 Å². The molecular weight excluding hydrogens is 229 g/mol. The Balaban J connectivity index is 2.82. The van der Waals surface area contributed by atoms with Crippen molar-refractivity contribution in [3.05, 3.63) is 22.0 Å². The lowest BCUT2D eigenvalue weighted by Gasteiger charge is -1.86. The molecule has 5 heteroatoms. The second-order valence-corrected chi connectivity index (χ2v) is 3.32. The minimum Gasteiger partial charge on any atom is -0.313 e. The standard InChI is InChI=1S/C6H3BrClN3/c7-3-1-4-5(9-2-3)11-6(8)10-4/h1-2H,(H,9,10,11). The van der Waals surface area contributed by atoms with Crippen molar-refractivity contribution in [2.24, 2.45) is 0 Å². The van der Waals surface area contributed by atoms with Gasteiger partial charge in [0.15, 0.2) is 5.65 Å². The van der Waals surface area contributed by atoms with Crippen LogP contribution in [-0.4, -0.2) is 15.0 Å². The van der Waals surface area contributed by atoms with Crippen LogP contribution in [-0.2, 0) is 0 Å². The third kappa shape index (κ3) is 1.23. The van der Waals surface area contributed by atoms with Gasteiger partial charge in [-0.1, -0.05) is 0 Å². The molecule has 0 radical (unpaired) electrons. The smallest absolute Gasteiger partial charge is 0.202 e. The predicted octanol–water partition coefficient (Wildman–Crippen LogP) is 2.37. The van der Waals surface area contributed by atoms with Crippen molar-refractivity contribution in [3.63, 3.8) is 0 Å². The van der Waals surface area contributed by atoms with E-state index >= 15 is 0 Å². The number of hydrogen-bond donors (Lipinski definition) is 1. The van der Waals surface area contributed by atoms with Crippen LogP contribution in [0.3, 0.4) is 0 Å². The van der Waals surface area contributed by atoms with E-state index in [0.717, 1.165) is 9.99 Å². The lowest BCUT2D eigenvalue weighted by atomic mass is 10.4. The third-order valence-corrected chi connectivity index (χ3v) is 1.89. The van der Waals surface area contributed by atoms with Gasteiger partial charge in [-0.15, -0.1) is 0 Å². The normalized spacial score (nSPS) is 10.7. The van der Waals surface area contributed by atoms with E-state index in [1.807, 2.05) is 6.07 Å². The quantitative estimate of drug-likeness (QED) is 0.758. The zero-order chi connectivity index (χ0) is 7.84. The summed E-state index contributed by atoms with van der Waals surface area (Å²) in [6, 6.07) is 1.85. The van der Waals surface area contributed by atoms with Gasteiger partial charge in [-0.2, -0.15) is 0 Å². The summed E-state index contributed by atoms with van der Waals surface area (Å²) in [4.78, 5) is 10.9. The Morgan fingerprint density at radius 1 is 1.55 bits per heavy atom. The molecular formula is C6H3BrClN3. The summed E-state index contributed by atoms with van der Waals surface area (Å²) >= 11 is 8.90. The summed E-state index contributed by atoms with van der Waals surface area (Å²) in [5.74, 6) is 0. The van der Waals surface area contributed by atoms with Crippen LogP contribution in [0, 0.1) is 0 Å². The Labute approximate surface area is 75.9 Å². The molecule has 2 heterocycles. The van der Waals surface area contributed by atoms with E-state index in [4.69, 9.17) is 11.6 Å². The molecule has 1 N–H and O–H groups in total. The SMILES string of the molecule is Clc1nc2cc(Br)cnc2[nH]1. The Kier molecular flexibility index (Phi) is 1.58. The van der Waals surface area contributed by atoms with Crippen LogP contribution in [0.5, 0.6) is 0 Å². The molecule has 0 atom stereocenters. The largest absolute Gasteiger partial charge is 0.313 e. The van der Waals surface area contributed by atoms with Gasteiger partial charge < -0.3 is 4.98 Å². The Morgan fingerprint density at radius 2 is 2.36 bits per heavy atom. The van der Waals surface area contributed by atoms with Gasteiger partial charge >= 0.3 is 0 Å². The number of fused-ring (bicyclic) bond motifs is 1. The molecule has 2 aromatic heterocycles. The molecule has 56 valence electrons. The Hall–Kier alpha value is -0.610. The number of nitrogens with one attached hydrogen (secondary N) is 1. The summed E-state index contributed by atoms with van der Waals surface area (Å²) in [5.41, 5.74) is 1.47. The van der Waals surface area contributed by atoms with E-state index in [1.54, 1.807) is 6.20 Å². The molecule has 0 amide bonds. The van der Waals surface area contributed by atoms with Gasteiger partial charge in [0.2, 0.25) is 5.28 Å². The highest BCUT2D eigenvalue weighted by Gasteiger charge is 2.00. The molecule has 0 aromatic carbocycles. The highest BCUT2D eigenvalue weighted by molar-refractivity contribution is 9.10. The highest BCUT2D eigenvalue weighted by atomic mass is 79.9. The van der Waals surface area contributed by atoms with Crippen molar-refractivity contribution in [1.82, 2.24) is 15.0 Å². The fourth-order valence-corrected chi connectivity index (χ4v) is 1.34. The predicted molar refractivity (Wildman–Crippen MR) is 46.6 cm³/mol. The van der Waals surface area contributed by atoms with E-state index < -0.39 is 0 Å². The number of aromatic nitrogens is 3. The zero-order valence-electron chi connectivity index (χ0n) is 5.31. The lowest BCUT2D eigenvalue weighted by molar-refractivity contribution is 1.30. The van der Waals surface area contributed by atoms with E-state index in [-0.39, 0.29) is 0 Å². The Bertz CT molecular complexity index is 398. The molecule has 0 aliphatic rings. The molecule has 0 spiro atoms. The van der Waals surface area contributed by atoms with Crippen LogP contribution in [0.2, 0.25) is 5.28 Å². The molecule has 0 saturated carbocycles. The molecule has 11 heavy (non-hydrogen) atoms. The van der Waals surface area contributed by atoms with Crippen LogP contribution >= 0.6 is 27.5 Å². The maximum absolute atomic E-state index is 5.61. The van der Waals surface area contributed by atoms with Crippen molar-refractivity contribution in [1.29, 1.82) is 0 Å². The molecule has 3 nitrogen and oxygen atoms in total. The molecule has 0 aliphatic heterocycles. The monoisotopic (exact) mass is 231 g/mol. The number of hydrogen-bond acceptors (Lipinski definition) is 2. The second kappa shape index (κ2) is 2.46. The number of nitrogens with zero attached hydrogens (tertiary/aromatic N) is 2. The molecule has 0 bridgehead atoms.